The molecule has 0 spiro atoms. The number of aromatic nitrogens is 1. The van der Waals surface area contributed by atoms with Gasteiger partial charge in [-0.1, -0.05) is 31.6 Å². The van der Waals surface area contributed by atoms with Gasteiger partial charge < -0.3 is 0 Å². The molecule has 0 aliphatic heterocycles. The lowest BCUT2D eigenvalue weighted by atomic mass is 10.2. The molecule has 0 bridgehead atoms. The molecule has 0 aliphatic rings. The highest BCUT2D eigenvalue weighted by molar-refractivity contribution is 5.36. The molecule has 1 aromatic rings. The summed E-state index contributed by atoms with van der Waals surface area (Å²) >= 11 is 0. The van der Waals surface area contributed by atoms with Gasteiger partial charge in [0.1, 0.15) is 5.69 Å². The van der Waals surface area contributed by atoms with Crippen molar-refractivity contribution in [2.45, 2.75) is 26.7 Å². The van der Waals surface area contributed by atoms with E-state index in [9.17, 15) is 0 Å². The van der Waals surface area contributed by atoms with Crippen LogP contribution in [0.25, 0.3) is 0 Å². The molecule has 1 nitrogen and oxygen atoms in total. The van der Waals surface area contributed by atoms with Gasteiger partial charge in [0.2, 0.25) is 0 Å². The summed E-state index contributed by atoms with van der Waals surface area (Å²) in [7, 11) is 0. The van der Waals surface area contributed by atoms with Crippen LogP contribution in [0.1, 0.15) is 37.9 Å². The Labute approximate surface area is 85.6 Å². The minimum absolute atomic E-state index is 0.814. The maximum Gasteiger partial charge on any atom is 0.113 e. The van der Waals surface area contributed by atoms with Gasteiger partial charge in [-0.25, -0.2) is 4.98 Å². The van der Waals surface area contributed by atoms with Crippen LogP contribution >= 0.6 is 0 Å². The molecule has 0 N–H and O–H groups in total. The topological polar surface area (TPSA) is 12.9 Å². The van der Waals surface area contributed by atoms with Crippen LogP contribution in [0.4, 0.5) is 0 Å². The van der Waals surface area contributed by atoms with Crippen LogP contribution in [0.15, 0.2) is 18.3 Å². The summed E-state index contributed by atoms with van der Waals surface area (Å²) in [4.78, 5) is 4.19. The van der Waals surface area contributed by atoms with Crippen molar-refractivity contribution in [2.75, 3.05) is 0 Å². The summed E-state index contributed by atoms with van der Waals surface area (Å²) < 4.78 is 0. The molecular formula is C13H13N. The lowest BCUT2D eigenvalue weighted by molar-refractivity contribution is 1.25. The first kappa shape index (κ1) is 10.4. The fourth-order valence-corrected chi connectivity index (χ4v) is 0.911. The molecule has 70 valence electrons. The van der Waals surface area contributed by atoms with E-state index in [1.165, 1.54) is 0 Å². The van der Waals surface area contributed by atoms with Gasteiger partial charge in [-0.2, -0.15) is 0 Å². The fraction of sp³-hybridized carbons (Fsp3) is 0.308. The third-order valence-corrected chi connectivity index (χ3v) is 1.57. The Morgan fingerprint density at radius 2 is 1.79 bits per heavy atom. The SMILES string of the molecule is CCC#Cc1ccc(C#CCC)nc1. The van der Waals surface area contributed by atoms with Gasteiger partial charge in [-0.3, -0.25) is 0 Å². The Bertz CT molecular complexity index is 352. The molecule has 0 saturated carbocycles. The van der Waals surface area contributed by atoms with Crippen LogP contribution in [0.3, 0.4) is 0 Å². The van der Waals surface area contributed by atoms with Crippen molar-refractivity contribution in [1.29, 1.82) is 0 Å². The molecule has 1 rings (SSSR count). The third-order valence-electron chi connectivity index (χ3n) is 1.57. The summed E-state index contributed by atoms with van der Waals surface area (Å²) in [6.07, 6.45) is 3.50. The summed E-state index contributed by atoms with van der Waals surface area (Å²) in [5, 5.41) is 0. The summed E-state index contributed by atoms with van der Waals surface area (Å²) in [6.45, 7) is 4.05. The van der Waals surface area contributed by atoms with E-state index < -0.39 is 0 Å². The van der Waals surface area contributed by atoms with Crippen molar-refractivity contribution in [3.8, 4) is 23.7 Å². The number of rotatable bonds is 0. The molecule has 1 heterocycles. The predicted molar refractivity (Wildman–Crippen MR) is 58.6 cm³/mol. The predicted octanol–water partition coefficient (Wildman–Crippen LogP) is 2.60. The van der Waals surface area contributed by atoms with E-state index in [2.05, 4.69) is 28.7 Å². The zero-order valence-corrected chi connectivity index (χ0v) is 8.59. The third kappa shape index (κ3) is 3.33. The second kappa shape index (κ2) is 5.84. The standard InChI is InChI=1S/C13H13N/c1-3-5-7-12-9-10-13(14-11-12)8-6-4-2/h9-11H,3-4H2,1-2H3. The number of pyridine rings is 1. The van der Waals surface area contributed by atoms with Crippen LogP contribution in [0.5, 0.6) is 0 Å². The maximum absolute atomic E-state index is 4.19. The first-order chi connectivity index (χ1) is 6.86. The molecule has 0 atom stereocenters. The minimum Gasteiger partial charge on any atom is -0.246 e. The molecule has 0 saturated heterocycles. The highest BCUT2D eigenvalue weighted by atomic mass is 14.7. The van der Waals surface area contributed by atoms with Crippen molar-refractivity contribution in [2.24, 2.45) is 0 Å². The van der Waals surface area contributed by atoms with Gasteiger partial charge in [0.15, 0.2) is 0 Å². The van der Waals surface area contributed by atoms with Crippen molar-refractivity contribution in [3.05, 3.63) is 29.6 Å². The first-order valence-electron chi connectivity index (χ1n) is 4.80. The number of hydrogen-bond donors (Lipinski definition) is 0. The molecule has 0 unspecified atom stereocenters. The van der Waals surface area contributed by atoms with Gasteiger partial charge in [-0.05, 0) is 18.1 Å². The largest absolute Gasteiger partial charge is 0.246 e. The molecule has 1 heteroatoms. The van der Waals surface area contributed by atoms with E-state index in [0.717, 1.165) is 24.1 Å². The quantitative estimate of drug-likeness (QED) is 0.563. The average molecular weight is 183 g/mol. The van der Waals surface area contributed by atoms with E-state index in [1.54, 1.807) is 6.20 Å². The molecule has 0 amide bonds. The van der Waals surface area contributed by atoms with E-state index in [4.69, 9.17) is 0 Å². The van der Waals surface area contributed by atoms with Gasteiger partial charge >= 0.3 is 0 Å². The normalized spacial score (nSPS) is 8.14. The van der Waals surface area contributed by atoms with Crippen LogP contribution < -0.4 is 0 Å². The first-order valence-corrected chi connectivity index (χ1v) is 4.80. The van der Waals surface area contributed by atoms with Crippen LogP contribution in [0.2, 0.25) is 0 Å². The van der Waals surface area contributed by atoms with E-state index in [0.29, 0.717) is 0 Å². The molecule has 0 fully saturated rings. The van der Waals surface area contributed by atoms with Gasteiger partial charge in [-0.15, -0.1) is 0 Å². The fourth-order valence-electron chi connectivity index (χ4n) is 0.911. The highest BCUT2D eigenvalue weighted by Crippen LogP contribution is 1.97. The van der Waals surface area contributed by atoms with Crippen molar-refractivity contribution in [1.82, 2.24) is 4.98 Å². The summed E-state index contributed by atoms with van der Waals surface area (Å²) in [5.41, 5.74) is 1.77. The monoisotopic (exact) mass is 183 g/mol. The van der Waals surface area contributed by atoms with Crippen LogP contribution in [-0.2, 0) is 0 Å². The molecule has 14 heavy (non-hydrogen) atoms. The second-order valence-corrected chi connectivity index (χ2v) is 2.74. The summed E-state index contributed by atoms with van der Waals surface area (Å²) in [6, 6.07) is 3.86. The molecule has 0 aliphatic carbocycles. The Morgan fingerprint density at radius 3 is 2.36 bits per heavy atom. The van der Waals surface area contributed by atoms with Crippen LogP contribution in [0, 0.1) is 23.7 Å². The number of hydrogen-bond acceptors (Lipinski definition) is 1. The second-order valence-electron chi connectivity index (χ2n) is 2.74. The lowest BCUT2D eigenvalue weighted by Gasteiger charge is -1.90. The molecule has 0 radical (unpaired) electrons. The van der Waals surface area contributed by atoms with Crippen molar-refractivity contribution >= 4 is 0 Å². The maximum atomic E-state index is 4.19. The van der Waals surface area contributed by atoms with E-state index in [1.807, 2.05) is 26.0 Å². The molecule has 1 aromatic heterocycles. The molecular weight excluding hydrogens is 170 g/mol. The Morgan fingerprint density at radius 1 is 1.07 bits per heavy atom. The summed E-state index contributed by atoms with van der Waals surface area (Å²) in [5.74, 6) is 12.0. The zero-order chi connectivity index (χ0) is 10.2. The van der Waals surface area contributed by atoms with Crippen molar-refractivity contribution < 1.29 is 0 Å². The smallest absolute Gasteiger partial charge is 0.113 e. The average Bonchev–Trinajstić information content (AvgIpc) is 2.25. The van der Waals surface area contributed by atoms with Gasteiger partial charge in [0, 0.05) is 24.6 Å². The number of nitrogens with zero attached hydrogens (tertiary/aromatic N) is 1. The van der Waals surface area contributed by atoms with Crippen LogP contribution in [-0.4, -0.2) is 4.98 Å². The minimum atomic E-state index is 0.814. The lowest BCUT2D eigenvalue weighted by Crippen LogP contribution is -1.83. The van der Waals surface area contributed by atoms with Gasteiger partial charge in [0.05, 0.1) is 0 Å². The Kier molecular flexibility index (Phi) is 4.32. The highest BCUT2D eigenvalue weighted by Gasteiger charge is 1.88. The zero-order valence-electron chi connectivity index (χ0n) is 8.59. The Hall–Kier alpha value is -1.73. The van der Waals surface area contributed by atoms with Crippen molar-refractivity contribution in [3.63, 3.8) is 0 Å². The van der Waals surface area contributed by atoms with E-state index >= 15 is 0 Å². The van der Waals surface area contributed by atoms with Gasteiger partial charge in [0.25, 0.3) is 0 Å². The van der Waals surface area contributed by atoms with E-state index in [-0.39, 0.29) is 0 Å². The molecule has 0 aromatic carbocycles. The Balaban J connectivity index is 2.78.